The topological polar surface area (TPSA) is 46.4 Å². The first-order valence-corrected chi connectivity index (χ1v) is 8.70. The van der Waals surface area contributed by atoms with Crippen molar-refractivity contribution < 1.29 is 4.79 Å². The second kappa shape index (κ2) is 5.49. The molecule has 0 radical (unpaired) electrons. The van der Waals surface area contributed by atoms with Crippen LogP contribution in [0.5, 0.6) is 0 Å². The maximum atomic E-state index is 12.3. The van der Waals surface area contributed by atoms with Gasteiger partial charge >= 0.3 is 0 Å². The number of hydrogen-bond acceptors (Lipinski definition) is 3. The molecule has 1 aliphatic rings. The second-order valence-electron chi connectivity index (χ2n) is 6.32. The van der Waals surface area contributed by atoms with E-state index in [1.54, 1.807) is 11.3 Å². The highest BCUT2D eigenvalue weighted by atomic mass is 32.1. The molecule has 0 spiro atoms. The maximum absolute atomic E-state index is 12.3. The van der Waals surface area contributed by atoms with Crippen molar-refractivity contribution in [1.29, 1.82) is 0 Å². The molecule has 1 fully saturated rings. The van der Waals surface area contributed by atoms with Gasteiger partial charge in [-0.3, -0.25) is 4.79 Å². The Balaban J connectivity index is 1.38. The lowest BCUT2D eigenvalue weighted by atomic mass is 10.2. The zero-order valence-corrected chi connectivity index (χ0v) is 14.1. The van der Waals surface area contributed by atoms with Gasteiger partial charge in [0.15, 0.2) is 0 Å². The number of hydrogen-bond donors (Lipinski definition) is 1. The van der Waals surface area contributed by atoms with Crippen LogP contribution >= 0.6 is 11.3 Å². The number of fused-ring (bicyclic) bond motifs is 1. The molecule has 1 saturated carbocycles. The van der Waals surface area contributed by atoms with Gasteiger partial charge in [-0.1, -0.05) is 6.07 Å². The summed E-state index contributed by atoms with van der Waals surface area (Å²) in [5.74, 6) is 0.694. The van der Waals surface area contributed by atoms with E-state index in [0.717, 1.165) is 17.8 Å². The Morgan fingerprint density at radius 2 is 2.17 bits per heavy atom. The minimum absolute atomic E-state index is 0.132. The van der Waals surface area contributed by atoms with Crippen LogP contribution in [0.2, 0.25) is 0 Å². The molecule has 3 aromatic heterocycles. The van der Waals surface area contributed by atoms with Gasteiger partial charge in [-0.2, -0.15) is 0 Å². The van der Waals surface area contributed by atoms with Crippen LogP contribution in [0, 0.1) is 19.8 Å². The van der Waals surface area contributed by atoms with Crippen molar-refractivity contribution in [3.05, 3.63) is 57.7 Å². The van der Waals surface area contributed by atoms with Crippen molar-refractivity contribution in [3.63, 3.8) is 0 Å². The number of pyridine rings is 1. The summed E-state index contributed by atoms with van der Waals surface area (Å²) in [7, 11) is 0. The lowest BCUT2D eigenvalue weighted by Gasteiger charge is -2.01. The Morgan fingerprint density at radius 3 is 2.96 bits per heavy atom. The van der Waals surface area contributed by atoms with E-state index in [1.807, 2.05) is 28.9 Å². The molecule has 1 aliphatic carbocycles. The van der Waals surface area contributed by atoms with Crippen LogP contribution in [0.25, 0.3) is 5.65 Å². The number of aryl methyl sites for hydroxylation is 2. The Hall–Kier alpha value is -2.14. The van der Waals surface area contributed by atoms with Gasteiger partial charge in [0.1, 0.15) is 5.65 Å². The maximum Gasteiger partial charge on any atom is 0.224 e. The number of rotatable bonds is 4. The fourth-order valence-corrected chi connectivity index (χ4v) is 4.06. The third kappa shape index (κ3) is 2.88. The SMILES string of the molecule is Cc1ccc2nc(CNC(=O)[C@H]3C[C@H]3c3ccc(C)s3)cn2c1. The molecule has 2 atom stereocenters. The quantitative estimate of drug-likeness (QED) is 0.799. The Bertz CT molecular complexity index is 879. The number of nitrogens with zero attached hydrogens (tertiary/aromatic N) is 2. The van der Waals surface area contributed by atoms with Crippen LogP contribution in [-0.2, 0) is 11.3 Å². The van der Waals surface area contributed by atoms with E-state index in [1.165, 1.54) is 15.3 Å². The van der Waals surface area contributed by atoms with Crippen molar-refractivity contribution in [3.8, 4) is 0 Å². The summed E-state index contributed by atoms with van der Waals surface area (Å²) >= 11 is 1.80. The number of thiophene rings is 1. The van der Waals surface area contributed by atoms with E-state index in [2.05, 4.69) is 36.3 Å². The van der Waals surface area contributed by atoms with Crippen LogP contribution in [0.4, 0.5) is 0 Å². The third-order valence-corrected chi connectivity index (χ3v) is 5.48. The van der Waals surface area contributed by atoms with Gasteiger partial charge in [0.25, 0.3) is 0 Å². The van der Waals surface area contributed by atoms with E-state index in [-0.39, 0.29) is 11.8 Å². The van der Waals surface area contributed by atoms with Crippen LogP contribution in [0.1, 0.15) is 33.4 Å². The molecule has 118 valence electrons. The molecule has 0 unspecified atom stereocenters. The summed E-state index contributed by atoms with van der Waals surface area (Å²) in [6.07, 6.45) is 5.00. The highest BCUT2D eigenvalue weighted by Gasteiger charge is 2.44. The molecule has 4 rings (SSSR count). The molecule has 5 heteroatoms. The van der Waals surface area contributed by atoms with E-state index in [4.69, 9.17) is 0 Å². The Labute approximate surface area is 139 Å². The first-order valence-electron chi connectivity index (χ1n) is 7.88. The fraction of sp³-hybridized carbons (Fsp3) is 0.333. The number of carbonyl (C=O) groups excluding carboxylic acids is 1. The van der Waals surface area contributed by atoms with Crippen LogP contribution in [0.15, 0.2) is 36.7 Å². The predicted octanol–water partition coefficient (Wildman–Crippen LogP) is 3.43. The smallest absolute Gasteiger partial charge is 0.224 e. The minimum atomic E-state index is 0.132. The van der Waals surface area contributed by atoms with E-state index in [0.29, 0.717) is 12.5 Å². The normalized spacial score (nSPS) is 19.9. The summed E-state index contributed by atoms with van der Waals surface area (Å²) in [6, 6.07) is 8.33. The average Bonchev–Trinajstić information content (AvgIpc) is 3.04. The highest BCUT2D eigenvalue weighted by molar-refractivity contribution is 7.12. The van der Waals surface area contributed by atoms with Crippen molar-refractivity contribution in [2.24, 2.45) is 5.92 Å². The van der Waals surface area contributed by atoms with Gasteiger partial charge in [0.05, 0.1) is 12.2 Å². The summed E-state index contributed by atoms with van der Waals surface area (Å²) in [5.41, 5.74) is 3.00. The van der Waals surface area contributed by atoms with Crippen LogP contribution < -0.4 is 5.32 Å². The summed E-state index contributed by atoms with van der Waals surface area (Å²) in [5, 5.41) is 3.03. The van der Waals surface area contributed by atoms with Gasteiger partial charge < -0.3 is 9.72 Å². The summed E-state index contributed by atoms with van der Waals surface area (Å²) < 4.78 is 2.01. The monoisotopic (exact) mass is 325 g/mol. The molecule has 3 heterocycles. The lowest BCUT2D eigenvalue weighted by molar-refractivity contribution is -0.122. The standard InChI is InChI=1S/C18H19N3OS/c1-11-3-6-17-20-13(10-21(17)9-11)8-19-18(22)15-7-14(15)16-5-4-12(2)23-16/h3-6,9-10,14-15H,7-8H2,1-2H3,(H,19,22)/t14-,15+/m1/s1. The molecule has 0 aliphatic heterocycles. The molecule has 0 saturated heterocycles. The summed E-state index contributed by atoms with van der Waals surface area (Å²) in [4.78, 5) is 19.5. The van der Waals surface area contributed by atoms with Crippen LogP contribution in [0.3, 0.4) is 0 Å². The predicted molar refractivity (Wildman–Crippen MR) is 91.7 cm³/mol. The lowest BCUT2D eigenvalue weighted by Crippen LogP contribution is -2.24. The molecule has 0 bridgehead atoms. The minimum Gasteiger partial charge on any atom is -0.350 e. The van der Waals surface area contributed by atoms with E-state index < -0.39 is 0 Å². The molecule has 23 heavy (non-hydrogen) atoms. The Kier molecular flexibility index (Phi) is 3.45. The average molecular weight is 325 g/mol. The fourth-order valence-electron chi connectivity index (χ4n) is 3.00. The zero-order chi connectivity index (χ0) is 16.0. The van der Waals surface area contributed by atoms with Gasteiger partial charge in [0, 0.05) is 34.0 Å². The zero-order valence-electron chi connectivity index (χ0n) is 13.2. The molecule has 4 nitrogen and oxygen atoms in total. The van der Waals surface area contributed by atoms with Gasteiger partial charge in [-0.15, -0.1) is 11.3 Å². The Morgan fingerprint density at radius 1 is 1.30 bits per heavy atom. The number of imidazole rings is 1. The van der Waals surface area contributed by atoms with E-state index >= 15 is 0 Å². The molecule has 1 N–H and O–H groups in total. The van der Waals surface area contributed by atoms with Crippen molar-refractivity contribution >= 4 is 22.9 Å². The third-order valence-electron chi connectivity index (χ3n) is 4.35. The number of carbonyl (C=O) groups is 1. The van der Waals surface area contributed by atoms with E-state index in [9.17, 15) is 4.79 Å². The molecule has 0 aromatic carbocycles. The van der Waals surface area contributed by atoms with Gasteiger partial charge in [0.2, 0.25) is 5.91 Å². The summed E-state index contributed by atoms with van der Waals surface area (Å²) in [6.45, 7) is 4.66. The molecular weight excluding hydrogens is 306 g/mol. The largest absolute Gasteiger partial charge is 0.350 e. The van der Waals surface area contributed by atoms with Crippen molar-refractivity contribution in [1.82, 2.24) is 14.7 Å². The number of nitrogens with one attached hydrogen (secondary N) is 1. The van der Waals surface area contributed by atoms with Crippen molar-refractivity contribution in [2.75, 3.05) is 0 Å². The second-order valence-corrected chi connectivity index (χ2v) is 7.64. The number of aromatic nitrogens is 2. The van der Waals surface area contributed by atoms with Gasteiger partial charge in [-0.25, -0.2) is 4.98 Å². The van der Waals surface area contributed by atoms with Crippen LogP contribution in [-0.4, -0.2) is 15.3 Å². The first-order chi connectivity index (χ1) is 11.1. The molecule has 3 aromatic rings. The highest BCUT2D eigenvalue weighted by Crippen LogP contribution is 2.49. The van der Waals surface area contributed by atoms with Crippen molar-refractivity contribution in [2.45, 2.75) is 32.7 Å². The molecule has 1 amide bonds. The van der Waals surface area contributed by atoms with Gasteiger partial charge in [-0.05, 0) is 44.0 Å². The first kappa shape index (κ1) is 14.5. The molecular formula is C18H19N3OS. The number of amides is 1.